The maximum Gasteiger partial charge on any atom is 0.263 e. The fraction of sp³-hybridized carbons (Fsp3) is 0.467. The van der Waals surface area contributed by atoms with Gasteiger partial charge < -0.3 is 14.8 Å². The molecule has 0 saturated heterocycles. The Morgan fingerprint density at radius 2 is 2.24 bits per heavy atom. The van der Waals surface area contributed by atoms with Crippen molar-refractivity contribution in [2.45, 2.75) is 45.3 Å². The van der Waals surface area contributed by atoms with Gasteiger partial charge in [-0.2, -0.15) is 0 Å². The average molecular weight is 308 g/mol. The lowest BCUT2D eigenvalue weighted by atomic mass is 10.1. The number of carbonyl (C=O) groups excluding carboxylic acids is 1. The molecule has 0 fully saturated rings. The van der Waals surface area contributed by atoms with E-state index in [9.17, 15) is 9.90 Å². The van der Waals surface area contributed by atoms with Gasteiger partial charge in [-0.05, 0) is 19.1 Å². The van der Waals surface area contributed by atoms with E-state index in [0.717, 1.165) is 5.01 Å². The minimum atomic E-state index is -0.719. The number of furan rings is 1. The largest absolute Gasteiger partial charge is 0.467 e. The highest BCUT2D eigenvalue weighted by Crippen LogP contribution is 2.22. The molecule has 21 heavy (non-hydrogen) atoms. The molecule has 2 heterocycles. The summed E-state index contributed by atoms with van der Waals surface area (Å²) in [5, 5.41) is 13.8. The number of rotatable bonds is 6. The van der Waals surface area contributed by atoms with Crippen LogP contribution in [0.4, 0.5) is 0 Å². The predicted molar refractivity (Wildman–Crippen MR) is 81.4 cm³/mol. The lowest BCUT2D eigenvalue weighted by molar-refractivity contribution is 0.0907. The van der Waals surface area contributed by atoms with Crippen LogP contribution in [0.25, 0.3) is 0 Å². The van der Waals surface area contributed by atoms with Crippen LogP contribution >= 0.6 is 11.3 Å². The van der Waals surface area contributed by atoms with E-state index in [0.29, 0.717) is 23.0 Å². The summed E-state index contributed by atoms with van der Waals surface area (Å²) in [6, 6.07) is 3.28. The number of amides is 1. The zero-order valence-electron chi connectivity index (χ0n) is 12.4. The molecule has 0 aromatic carbocycles. The third-order valence-electron chi connectivity index (χ3n) is 3.07. The topological polar surface area (TPSA) is 75.4 Å². The summed E-state index contributed by atoms with van der Waals surface area (Å²) in [7, 11) is 0. The molecule has 5 nitrogen and oxygen atoms in total. The Balaban J connectivity index is 1.89. The van der Waals surface area contributed by atoms with Gasteiger partial charge in [-0.25, -0.2) is 4.98 Å². The van der Waals surface area contributed by atoms with Crippen LogP contribution in [0.2, 0.25) is 0 Å². The van der Waals surface area contributed by atoms with Gasteiger partial charge in [-0.1, -0.05) is 13.8 Å². The van der Waals surface area contributed by atoms with Crippen molar-refractivity contribution in [3.8, 4) is 0 Å². The summed E-state index contributed by atoms with van der Waals surface area (Å²) in [5.41, 5.74) is 0. The van der Waals surface area contributed by atoms with Crippen molar-refractivity contribution in [1.82, 2.24) is 10.3 Å². The van der Waals surface area contributed by atoms with Crippen LogP contribution in [-0.4, -0.2) is 22.0 Å². The highest BCUT2D eigenvalue weighted by atomic mass is 32.1. The second-order valence-corrected chi connectivity index (χ2v) is 6.42. The number of aliphatic hydroxyl groups excluding tert-OH is 1. The molecule has 6 heteroatoms. The number of thiazole rings is 1. The van der Waals surface area contributed by atoms with E-state index in [-0.39, 0.29) is 11.9 Å². The van der Waals surface area contributed by atoms with Crippen molar-refractivity contribution in [2.24, 2.45) is 0 Å². The van der Waals surface area contributed by atoms with Gasteiger partial charge in [0, 0.05) is 18.4 Å². The highest BCUT2D eigenvalue weighted by Gasteiger charge is 2.18. The Labute approximate surface area is 128 Å². The number of aromatic nitrogens is 1. The second-order valence-electron chi connectivity index (χ2n) is 5.36. The van der Waals surface area contributed by atoms with Gasteiger partial charge in [0.15, 0.2) is 0 Å². The minimum absolute atomic E-state index is 0.154. The third kappa shape index (κ3) is 4.15. The summed E-state index contributed by atoms with van der Waals surface area (Å²) in [5.74, 6) is 0.671. The lowest BCUT2D eigenvalue weighted by Gasteiger charge is -2.16. The predicted octanol–water partition coefficient (Wildman–Crippen LogP) is 3.10. The third-order valence-corrected chi connectivity index (χ3v) is 4.36. The molecule has 0 spiro atoms. The Bertz CT molecular complexity index is 578. The van der Waals surface area contributed by atoms with Crippen LogP contribution in [-0.2, 0) is 0 Å². The van der Waals surface area contributed by atoms with E-state index in [1.165, 1.54) is 17.6 Å². The molecule has 2 N–H and O–H groups in total. The molecule has 0 aliphatic heterocycles. The van der Waals surface area contributed by atoms with Gasteiger partial charge in [0.25, 0.3) is 5.91 Å². The first-order valence-corrected chi connectivity index (χ1v) is 7.77. The monoisotopic (exact) mass is 308 g/mol. The van der Waals surface area contributed by atoms with Crippen LogP contribution in [0.5, 0.6) is 0 Å². The van der Waals surface area contributed by atoms with E-state index in [2.05, 4.69) is 10.3 Å². The number of nitrogens with zero attached hydrogens (tertiary/aromatic N) is 1. The first kappa shape index (κ1) is 15.7. The maximum atomic E-state index is 12.1. The van der Waals surface area contributed by atoms with Crippen LogP contribution < -0.4 is 5.32 Å². The van der Waals surface area contributed by atoms with Gasteiger partial charge in [-0.15, -0.1) is 11.3 Å². The summed E-state index contributed by atoms with van der Waals surface area (Å²) in [6.07, 6.45) is 2.80. The van der Waals surface area contributed by atoms with Gasteiger partial charge in [0.1, 0.15) is 16.7 Å². The highest BCUT2D eigenvalue weighted by molar-refractivity contribution is 7.13. The van der Waals surface area contributed by atoms with Gasteiger partial charge in [-0.3, -0.25) is 4.79 Å². The van der Waals surface area contributed by atoms with Crippen molar-refractivity contribution in [1.29, 1.82) is 0 Å². The molecule has 2 atom stereocenters. The second kappa shape index (κ2) is 6.87. The molecule has 1 amide bonds. The Hall–Kier alpha value is -1.66. The number of aliphatic hydroxyl groups is 1. The molecule has 0 radical (unpaired) electrons. The normalized spacial score (nSPS) is 14.1. The van der Waals surface area contributed by atoms with Crippen LogP contribution in [0.1, 0.15) is 59.7 Å². The Kier molecular flexibility index (Phi) is 5.14. The molecule has 2 aromatic rings. The van der Waals surface area contributed by atoms with Gasteiger partial charge in [0.05, 0.1) is 17.5 Å². The van der Waals surface area contributed by atoms with Crippen molar-refractivity contribution < 1.29 is 14.3 Å². The quantitative estimate of drug-likeness (QED) is 0.860. The number of carbonyl (C=O) groups is 1. The fourth-order valence-corrected chi connectivity index (χ4v) is 2.77. The Morgan fingerprint density at radius 1 is 1.48 bits per heavy atom. The van der Waals surface area contributed by atoms with Gasteiger partial charge in [0.2, 0.25) is 0 Å². The average Bonchev–Trinajstić information content (AvgIpc) is 3.10. The molecule has 0 bridgehead atoms. The van der Waals surface area contributed by atoms with E-state index in [4.69, 9.17) is 4.42 Å². The van der Waals surface area contributed by atoms with E-state index in [1.54, 1.807) is 18.3 Å². The standard InChI is InChI=1S/C15H20N2O3S/c1-9(2)15-16-8-13(21-15)14(19)17-10(3)7-11(18)12-5-4-6-20-12/h4-6,8-11,18H,7H2,1-3H3,(H,17,19). The van der Waals surface area contributed by atoms with Crippen LogP contribution in [0.3, 0.4) is 0 Å². The minimum Gasteiger partial charge on any atom is -0.467 e. The summed E-state index contributed by atoms with van der Waals surface area (Å²) < 4.78 is 5.14. The van der Waals surface area contributed by atoms with Crippen molar-refractivity contribution in [3.63, 3.8) is 0 Å². The first-order chi connectivity index (χ1) is 9.97. The molecule has 0 aliphatic carbocycles. The molecular formula is C15H20N2O3S. The zero-order valence-corrected chi connectivity index (χ0v) is 13.2. The molecule has 0 saturated carbocycles. The van der Waals surface area contributed by atoms with E-state index < -0.39 is 6.10 Å². The van der Waals surface area contributed by atoms with Crippen LogP contribution in [0, 0.1) is 0 Å². The number of hydrogen-bond acceptors (Lipinski definition) is 5. The smallest absolute Gasteiger partial charge is 0.263 e. The fourth-order valence-electron chi connectivity index (χ4n) is 1.95. The first-order valence-electron chi connectivity index (χ1n) is 6.95. The lowest BCUT2D eigenvalue weighted by Crippen LogP contribution is -2.33. The van der Waals surface area contributed by atoms with Gasteiger partial charge >= 0.3 is 0 Å². The van der Waals surface area contributed by atoms with Crippen LogP contribution in [0.15, 0.2) is 29.0 Å². The van der Waals surface area contributed by atoms with Crippen molar-refractivity contribution in [3.05, 3.63) is 40.2 Å². The molecule has 2 aromatic heterocycles. The number of nitrogens with one attached hydrogen (secondary N) is 1. The molecule has 0 aliphatic rings. The van der Waals surface area contributed by atoms with Crippen molar-refractivity contribution >= 4 is 17.2 Å². The molecule has 2 rings (SSSR count). The molecule has 114 valence electrons. The maximum absolute atomic E-state index is 12.1. The summed E-state index contributed by atoms with van der Waals surface area (Å²) in [4.78, 5) is 16.9. The van der Waals surface area contributed by atoms with E-state index in [1.807, 2.05) is 20.8 Å². The molecule has 2 unspecified atom stereocenters. The summed E-state index contributed by atoms with van der Waals surface area (Å²) in [6.45, 7) is 5.94. The molecular weight excluding hydrogens is 288 g/mol. The summed E-state index contributed by atoms with van der Waals surface area (Å²) >= 11 is 1.40. The Morgan fingerprint density at radius 3 is 2.81 bits per heavy atom. The number of hydrogen-bond donors (Lipinski definition) is 2. The SMILES string of the molecule is CC(CC(O)c1ccco1)NC(=O)c1cnc(C(C)C)s1. The van der Waals surface area contributed by atoms with Crippen molar-refractivity contribution in [2.75, 3.05) is 0 Å². The van der Waals surface area contributed by atoms with E-state index >= 15 is 0 Å². The zero-order chi connectivity index (χ0) is 15.4.